The molecule has 32 heavy (non-hydrogen) atoms. The van der Waals surface area contributed by atoms with Gasteiger partial charge in [0.05, 0.1) is 52.9 Å². The van der Waals surface area contributed by atoms with Gasteiger partial charge in [-0.1, -0.05) is 60.7 Å². The summed E-state index contributed by atoms with van der Waals surface area (Å²) in [6, 6.07) is 19.8. The van der Waals surface area contributed by atoms with E-state index in [0.29, 0.717) is 59.0 Å². The van der Waals surface area contributed by atoms with E-state index < -0.39 is 7.14 Å². The summed E-state index contributed by atoms with van der Waals surface area (Å²) in [4.78, 5) is 2.34. The van der Waals surface area contributed by atoms with Gasteiger partial charge in [0.2, 0.25) is 0 Å². The Kier molecular flexibility index (Phi) is 11.4. The molecule has 0 aliphatic carbocycles. The van der Waals surface area contributed by atoms with E-state index in [2.05, 4.69) is 4.90 Å². The van der Waals surface area contributed by atoms with Crippen LogP contribution >= 0.6 is 7.14 Å². The minimum Gasteiger partial charge on any atom is -0.378 e. The van der Waals surface area contributed by atoms with Gasteiger partial charge >= 0.3 is 0 Å². The molecule has 176 valence electrons. The molecule has 0 unspecified atom stereocenters. The van der Waals surface area contributed by atoms with Crippen LogP contribution in [0.2, 0.25) is 0 Å². The second-order valence-electron chi connectivity index (χ2n) is 7.78. The van der Waals surface area contributed by atoms with Crippen molar-refractivity contribution < 1.29 is 23.5 Å². The van der Waals surface area contributed by atoms with Crippen LogP contribution in [-0.2, 0) is 23.5 Å². The molecule has 0 radical (unpaired) electrons. The molecule has 1 heterocycles. The zero-order valence-electron chi connectivity index (χ0n) is 18.9. The van der Waals surface area contributed by atoms with Crippen LogP contribution in [0.15, 0.2) is 60.7 Å². The smallest absolute Gasteiger partial charge is 0.143 e. The minimum absolute atomic E-state index is 0.581. The van der Waals surface area contributed by atoms with Gasteiger partial charge in [0.25, 0.3) is 0 Å². The molecule has 0 bridgehead atoms. The van der Waals surface area contributed by atoms with Crippen LogP contribution in [0.3, 0.4) is 0 Å². The van der Waals surface area contributed by atoms with E-state index in [0.717, 1.165) is 36.7 Å². The lowest BCUT2D eigenvalue weighted by Crippen LogP contribution is -2.33. The molecule has 2 aromatic carbocycles. The highest BCUT2D eigenvalue weighted by atomic mass is 31.2. The Morgan fingerprint density at radius 2 is 1.03 bits per heavy atom. The summed E-state index contributed by atoms with van der Waals surface area (Å²) in [5, 5.41) is 1.85. The molecule has 0 aromatic heterocycles. The van der Waals surface area contributed by atoms with Gasteiger partial charge in [-0.25, -0.2) is 0 Å². The molecule has 3 rings (SSSR count). The molecule has 1 saturated heterocycles. The average molecular weight is 462 g/mol. The largest absolute Gasteiger partial charge is 0.378 e. The second-order valence-corrected chi connectivity index (χ2v) is 10.7. The van der Waals surface area contributed by atoms with E-state index in [-0.39, 0.29) is 0 Å². The van der Waals surface area contributed by atoms with Crippen LogP contribution in [-0.4, -0.2) is 83.6 Å². The van der Waals surface area contributed by atoms with Gasteiger partial charge < -0.3 is 23.5 Å². The minimum atomic E-state index is -2.68. The van der Waals surface area contributed by atoms with Crippen molar-refractivity contribution in [3.63, 3.8) is 0 Å². The van der Waals surface area contributed by atoms with Crippen LogP contribution < -0.4 is 10.6 Å². The number of rotatable bonds is 6. The Balaban J connectivity index is 1.58. The van der Waals surface area contributed by atoms with Gasteiger partial charge in [0.1, 0.15) is 7.14 Å². The van der Waals surface area contributed by atoms with Crippen LogP contribution in [0.4, 0.5) is 0 Å². The fourth-order valence-electron chi connectivity index (χ4n) is 3.75. The normalized spacial score (nSPS) is 18.5. The maximum absolute atomic E-state index is 14.2. The fraction of sp³-hybridized carbons (Fsp3) is 0.520. The van der Waals surface area contributed by atoms with E-state index in [1.165, 1.54) is 0 Å². The third kappa shape index (κ3) is 8.43. The molecule has 2 aromatic rings. The summed E-state index contributed by atoms with van der Waals surface area (Å²) in [7, 11) is -2.68. The number of nitrogens with zero attached hydrogens (tertiary/aromatic N) is 1. The first-order valence-electron chi connectivity index (χ1n) is 11.5. The average Bonchev–Trinajstić information content (AvgIpc) is 2.85. The SMILES string of the molecule is O=P(CCCN1CCOCCOCCOCCOCC1)(c1ccccc1)c1ccccc1. The fourth-order valence-corrected chi connectivity index (χ4v) is 6.46. The van der Waals surface area contributed by atoms with Gasteiger partial charge in [-0.15, -0.1) is 0 Å². The van der Waals surface area contributed by atoms with E-state index in [1.54, 1.807) is 0 Å². The maximum atomic E-state index is 14.2. The standard InChI is InChI=1S/C25H36NO5P/c27-32(24-8-3-1-4-9-24,25-10-5-2-6-11-25)23-7-12-26-13-15-28-17-19-30-21-22-31-20-18-29-16-14-26/h1-6,8-11H,7,12-23H2. The Morgan fingerprint density at radius 1 is 0.625 bits per heavy atom. The molecule has 0 N–H and O–H groups in total. The molecule has 0 saturated carbocycles. The van der Waals surface area contributed by atoms with Crippen molar-refractivity contribution in [2.75, 3.05) is 78.7 Å². The van der Waals surface area contributed by atoms with Gasteiger partial charge in [-0.05, 0) is 13.0 Å². The lowest BCUT2D eigenvalue weighted by Gasteiger charge is -2.24. The molecule has 0 amide bonds. The Bertz CT molecular complexity index is 730. The summed E-state index contributed by atoms with van der Waals surface area (Å²) >= 11 is 0. The summed E-state index contributed by atoms with van der Waals surface area (Å²) in [6.45, 7) is 7.28. The molecular formula is C25H36NO5P. The number of hydrogen-bond acceptors (Lipinski definition) is 6. The zero-order valence-corrected chi connectivity index (χ0v) is 19.8. The number of hydrogen-bond donors (Lipinski definition) is 0. The first-order chi connectivity index (χ1) is 15.8. The van der Waals surface area contributed by atoms with Gasteiger partial charge in [-0.3, -0.25) is 4.90 Å². The molecule has 6 nitrogen and oxygen atoms in total. The molecule has 1 aliphatic heterocycles. The summed E-state index contributed by atoms with van der Waals surface area (Å²) in [5.74, 6) is 0. The van der Waals surface area contributed by atoms with Crippen molar-refractivity contribution in [2.45, 2.75) is 6.42 Å². The van der Waals surface area contributed by atoms with Gasteiger partial charge in [0, 0.05) is 29.9 Å². The van der Waals surface area contributed by atoms with Crippen LogP contribution in [0.5, 0.6) is 0 Å². The first-order valence-corrected chi connectivity index (χ1v) is 13.4. The predicted octanol–water partition coefficient (Wildman–Crippen LogP) is 2.77. The monoisotopic (exact) mass is 461 g/mol. The van der Waals surface area contributed by atoms with Crippen molar-refractivity contribution in [3.8, 4) is 0 Å². The molecule has 0 spiro atoms. The zero-order chi connectivity index (χ0) is 22.3. The van der Waals surface area contributed by atoms with Crippen molar-refractivity contribution in [1.29, 1.82) is 0 Å². The van der Waals surface area contributed by atoms with E-state index >= 15 is 0 Å². The highest BCUT2D eigenvalue weighted by Crippen LogP contribution is 2.43. The lowest BCUT2D eigenvalue weighted by atomic mass is 10.4. The van der Waals surface area contributed by atoms with Crippen molar-refractivity contribution >= 4 is 17.8 Å². The van der Waals surface area contributed by atoms with E-state index in [9.17, 15) is 4.57 Å². The molecule has 1 aliphatic rings. The van der Waals surface area contributed by atoms with Crippen LogP contribution in [0, 0.1) is 0 Å². The highest BCUT2D eigenvalue weighted by molar-refractivity contribution is 7.78. The molecule has 1 fully saturated rings. The third-order valence-corrected chi connectivity index (χ3v) is 8.72. The molecule has 7 heteroatoms. The van der Waals surface area contributed by atoms with Crippen molar-refractivity contribution in [2.24, 2.45) is 0 Å². The van der Waals surface area contributed by atoms with Crippen LogP contribution in [0.25, 0.3) is 0 Å². The Morgan fingerprint density at radius 3 is 1.47 bits per heavy atom. The summed E-state index contributed by atoms with van der Waals surface area (Å²) in [5.41, 5.74) is 0. The van der Waals surface area contributed by atoms with E-state index in [1.807, 2.05) is 60.7 Å². The van der Waals surface area contributed by atoms with Crippen molar-refractivity contribution in [1.82, 2.24) is 4.90 Å². The van der Waals surface area contributed by atoms with E-state index in [4.69, 9.17) is 18.9 Å². The van der Waals surface area contributed by atoms with Crippen LogP contribution in [0.1, 0.15) is 6.42 Å². The van der Waals surface area contributed by atoms with Crippen molar-refractivity contribution in [3.05, 3.63) is 60.7 Å². The molecule has 0 atom stereocenters. The second kappa shape index (κ2) is 14.6. The first kappa shape index (κ1) is 25.1. The topological polar surface area (TPSA) is 57.2 Å². The number of benzene rings is 2. The quantitative estimate of drug-likeness (QED) is 0.617. The Hall–Kier alpha value is -1.53. The summed E-state index contributed by atoms with van der Waals surface area (Å²) in [6.07, 6.45) is 1.48. The lowest BCUT2D eigenvalue weighted by molar-refractivity contribution is 0.00206. The van der Waals surface area contributed by atoms with Gasteiger partial charge in [0.15, 0.2) is 0 Å². The highest BCUT2D eigenvalue weighted by Gasteiger charge is 2.26. The third-order valence-electron chi connectivity index (χ3n) is 5.51. The molecular weight excluding hydrogens is 425 g/mol. The Labute approximate surface area is 192 Å². The van der Waals surface area contributed by atoms with Gasteiger partial charge in [-0.2, -0.15) is 0 Å². The number of ether oxygens (including phenoxy) is 4. The maximum Gasteiger partial charge on any atom is 0.143 e. The predicted molar refractivity (Wildman–Crippen MR) is 129 cm³/mol. The summed E-state index contributed by atoms with van der Waals surface area (Å²) < 4.78 is 36.6.